The molecule has 1 saturated heterocycles. The summed E-state index contributed by atoms with van der Waals surface area (Å²) in [5.41, 5.74) is 2.34. The summed E-state index contributed by atoms with van der Waals surface area (Å²) in [7, 11) is 0. The van der Waals surface area contributed by atoms with Crippen molar-refractivity contribution in [3.63, 3.8) is 0 Å². The fourth-order valence-corrected chi connectivity index (χ4v) is 3.65. The van der Waals surface area contributed by atoms with Crippen molar-refractivity contribution in [2.24, 2.45) is 0 Å². The van der Waals surface area contributed by atoms with Gasteiger partial charge in [-0.05, 0) is 44.5 Å². The number of hydrogen-bond acceptors (Lipinski definition) is 5. The molecule has 0 radical (unpaired) electrons. The second kappa shape index (κ2) is 7.25. The SMILES string of the molecule is Cc1c([C@@H](C)N[C@@H]2CCN(c3ccccn3)C2)cnn1-c1ccccn1. The molecule has 1 aliphatic heterocycles. The zero-order chi connectivity index (χ0) is 17.9. The predicted octanol–water partition coefficient (Wildman–Crippen LogP) is 2.90. The van der Waals surface area contributed by atoms with Crippen molar-refractivity contribution in [1.29, 1.82) is 0 Å². The third-order valence-electron chi connectivity index (χ3n) is 5.03. The number of anilines is 1. The van der Waals surface area contributed by atoms with Crippen molar-refractivity contribution >= 4 is 5.82 Å². The molecule has 1 N–H and O–H groups in total. The van der Waals surface area contributed by atoms with E-state index in [4.69, 9.17) is 0 Å². The van der Waals surface area contributed by atoms with Crippen LogP contribution >= 0.6 is 0 Å². The topological polar surface area (TPSA) is 58.9 Å². The lowest BCUT2D eigenvalue weighted by atomic mass is 10.1. The summed E-state index contributed by atoms with van der Waals surface area (Å²) in [5, 5.41) is 8.30. The van der Waals surface area contributed by atoms with Crippen LogP contribution in [0.3, 0.4) is 0 Å². The molecule has 6 heteroatoms. The Morgan fingerprint density at radius 1 is 1.08 bits per heavy atom. The Bertz CT molecular complexity index is 845. The van der Waals surface area contributed by atoms with Crippen LogP contribution in [0.2, 0.25) is 0 Å². The molecule has 26 heavy (non-hydrogen) atoms. The van der Waals surface area contributed by atoms with Gasteiger partial charge >= 0.3 is 0 Å². The third kappa shape index (κ3) is 3.32. The van der Waals surface area contributed by atoms with Crippen molar-refractivity contribution in [3.05, 3.63) is 66.2 Å². The Morgan fingerprint density at radius 3 is 2.50 bits per heavy atom. The number of nitrogens with one attached hydrogen (secondary N) is 1. The first kappa shape index (κ1) is 16.7. The maximum atomic E-state index is 4.54. The summed E-state index contributed by atoms with van der Waals surface area (Å²) < 4.78 is 1.91. The molecule has 0 spiro atoms. The van der Waals surface area contributed by atoms with Gasteiger partial charge in [-0.25, -0.2) is 14.6 Å². The zero-order valence-electron chi connectivity index (χ0n) is 15.2. The van der Waals surface area contributed by atoms with E-state index in [2.05, 4.69) is 45.2 Å². The van der Waals surface area contributed by atoms with Gasteiger partial charge in [0.25, 0.3) is 0 Å². The molecule has 0 aliphatic carbocycles. The smallest absolute Gasteiger partial charge is 0.153 e. The first-order valence-electron chi connectivity index (χ1n) is 9.10. The molecule has 1 aliphatic rings. The molecule has 3 aromatic heterocycles. The molecule has 1 fully saturated rings. The number of aromatic nitrogens is 4. The molecule has 4 heterocycles. The van der Waals surface area contributed by atoms with Gasteiger partial charge in [-0.2, -0.15) is 5.10 Å². The summed E-state index contributed by atoms with van der Waals surface area (Å²) in [6, 6.07) is 12.6. The molecular weight excluding hydrogens is 324 g/mol. The van der Waals surface area contributed by atoms with Gasteiger partial charge < -0.3 is 10.2 Å². The highest BCUT2D eigenvalue weighted by molar-refractivity contribution is 5.39. The Kier molecular flexibility index (Phi) is 4.67. The zero-order valence-corrected chi connectivity index (χ0v) is 15.2. The van der Waals surface area contributed by atoms with Crippen LogP contribution in [0.4, 0.5) is 5.82 Å². The van der Waals surface area contributed by atoms with E-state index < -0.39 is 0 Å². The molecule has 0 amide bonds. The molecule has 4 rings (SSSR count). The molecule has 3 aromatic rings. The second-order valence-electron chi connectivity index (χ2n) is 6.79. The summed E-state index contributed by atoms with van der Waals surface area (Å²) in [6.07, 6.45) is 6.72. The van der Waals surface area contributed by atoms with E-state index >= 15 is 0 Å². The standard InChI is InChI=1S/C20H24N6/c1-15(18-13-23-26(16(18)2)20-8-4-6-11-22-20)24-17-9-12-25(14-17)19-7-3-5-10-21-19/h3-8,10-11,13,15,17,24H,9,12,14H2,1-2H3/t15-,17-/m1/s1. The van der Waals surface area contributed by atoms with E-state index in [1.165, 1.54) is 5.56 Å². The van der Waals surface area contributed by atoms with E-state index in [9.17, 15) is 0 Å². The third-order valence-corrected chi connectivity index (χ3v) is 5.03. The van der Waals surface area contributed by atoms with Crippen LogP contribution in [0, 0.1) is 6.92 Å². The van der Waals surface area contributed by atoms with E-state index in [1.54, 1.807) is 6.20 Å². The van der Waals surface area contributed by atoms with E-state index in [0.717, 1.165) is 36.8 Å². The van der Waals surface area contributed by atoms with Crippen molar-refractivity contribution in [1.82, 2.24) is 25.1 Å². The van der Waals surface area contributed by atoms with Crippen molar-refractivity contribution in [2.45, 2.75) is 32.4 Å². The maximum absolute atomic E-state index is 4.54. The first-order valence-corrected chi connectivity index (χ1v) is 9.10. The lowest BCUT2D eigenvalue weighted by Crippen LogP contribution is -2.34. The fourth-order valence-electron chi connectivity index (χ4n) is 3.65. The van der Waals surface area contributed by atoms with E-state index in [-0.39, 0.29) is 6.04 Å². The molecular formula is C20H24N6. The van der Waals surface area contributed by atoms with Gasteiger partial charge in [0, 0.05) is 48.8 Å². The molecule has 0 aromatic carbocycles. The normalized spacial score (nSPS) is 18.2. The molecule has 0 unspecified atom stereocenters. The Morgan fingerprint density at radius 2 is 1.81 bits per heavy atom. The Hall–Kier alpha value is -2.73. The number of rotatable bonds is 5. The highest BCUT2D eigenvalue weighted by Gasteiger charge is 2.25. The molecule has 2 atom stereocenters. The number of hydrogen-bond donors (Lipinski definition) is 1. The molecule has 134 valence electrons. The number of pyridine rings is 2. The Labute approximate surface area is 153 Å². The van der Waals surface area contributed by atoms with Gasteiger partial charge in [0.1, 0.15) is 5.82 Å². The highest BCUT2D eigenvalue weighted by atomic mass is 15.3. The van der Waals surface area contributed by atoms with Gasteiger partial charge in [0.15, 0.2) is 5.82 Å². The lowest BCUT2D eigenvalue weighted by molar-refractivity contribution is 0.479. The van der Waals surface area contributed by atoms with Crippen LogP contribution in [0.25, 0.3) is 5.82 Å². The minimum absolute atomic E-state index is 0.237. The van der Waals surface area contributed by atoms with Crippen molar-refractivity contribution in [2.75, 3.05) is 18.0 Å². The quantitative estimate of drug-likeness (QED) is 0.768. The molecule has 0 bridgehead atoms. The van der Waals surface area contributed by atoms with Gasteiger partial charge in [0.05, 0.1) is 6.20 Å². The highest BCUT2D eigenvalue weighted by Crippen LogP contribution is 2.23. The summed E-state index contributed by atoms with van der Waals surface area (Å²) >= 11 is 0. The van der Waals surface area contributed by atoms with Crippen LogP contribution in [-0.2, 0) is 0 Å². The van der Waals surface area contributed by atoms with Crippen LogP contribution in [0.5, 0.6) is 0 Å². The molecule has 6 nitrogen and oxygen atoms in total. The van der Waals surface area contributed by atoms with Gasteiger partial charge in [-0.1, -0.05) is 12.1 Å². The van der Waals surface area contributed by atoms with E-state index in [1.807, 2.05) is 47.4 Å². The fraction of sp³-hybridized carbons (Fsp3) is 0.350. The lowest BCUT2D eigenvalue weighted by Gasteiger charge is -2.21. The van der Waals surface area contributed by atoms with Crippen molar-refractivity contribution in [3.8, 4) is 5.82 Å². The Balaban J connectivity index is 1.43. The van der Waals surface area contributed by atoms with Crippen LogP contribution in [0.15, 0.2) is 55.0 Å². The summed E-state index contributed by atoms with van der Waals surface area (Å²) in [4.78, 5) is 11.2. The van der Waals surface area contributed by atoms with Gasteiger partial charge in [-0.3, -0.25) is 0 Å². The minimum atomic E-state index is 0.237. The monoisotopic (exact) mass is 348 g/mol. The molecule has 0 saturated carbocycles. The average Bonchev–Trinajstić information content (AvgIpc) is 3.30. The maximum Gasteiger partial charge on any atom is 0.153 e. The minimum Gasteiger partial charge on any atom is -0.355 e. The van der Waals surface area contributed by atoms with Crippen LogP contribution in [-0.4, -0.2) is 38.9 Å². The number of nitrogens with zero attached hydrogens (tertiary/aromatic N) is 5. The van der Waals surface area contributed by atoms with Gasteiger partial charge in [0.2, 0.25) is 0 Å². The average molecular weight is 348 g/mol. The first-order chi connectivity index (χ1) is 12.7. The summed E-state index contributed by atoms with van der Waals surface area (Å²) in [5.74, 6) is 1.91. The summed E-state index contributed by atoms with van der Waals surface area (Å²) in [6.45, 7) is 6.32. The largest absolute Gasteiger partial charge is 0.355 e. The van der Waals surface area contributed by atoms with Gasteiger partial charge in [-0.15, -0.1) is 0 Å². The van der Waals surface area contributed by atoms with Crippen LogP contribution in [0.1, 0.15) is 30.6 Å². The second-order valence-corrected chi connectivity index (χ2v) is 6.79. The van der Waals surface area contributed by atoms with Crippen molar-refractivity contribution < 1.29 is 0 Å². The van der Waals surface area contributed by atoms with Crippen LogP contribution < -0.4 is 10.2 Å². The van der Waals surface area contributed by atoms with E-state index in [0.29, 0.717) is 6.04 Å². The predicted molar refractivity (Wildman–Crippen MR) is 103 cm³/mol.